The van der Waals surface area contributed by atoms with E-state index in [0.29, 0.717) is 11.5 Å². The molecule has 100 valence electrons. The summed E-state index contributed by atoms with van der Waals surface area (Å²) in [6, 6.07) is 1.85. The number of nitrogens with zero attached hydrogens (tertiary/aromatic N) is 2. The van der Waals surface area contributed by atoms with Crippen molar-refractivity contribution in [3.63, 3.8) is 0 Å². The van der Waals surface area contributed by atoms with Gasteiger partial charge >= 0.3 is 0 Å². The number of amides is 1. The Hall–Kier alpha value is -1.58. The van der Waals surface area contributed by atoms with Gasteiger partial charge in [-0.05, 0) is 18.4 Å². The van der Waals surface area contributed by atoms with E-state index in [0.717, 1.165) is 25.2 Å². The maximum absolute atomic E-state index is 12.3. The van der Waals surface area contributed by atoms with Crippen molar-refractivity contribution in [3.8, 4) is 0 Å². The molecule has 4 heteroatoms. The van der Waals surface area contributed by atoms with E-state index in [1.54, 1.807) is 17.3 Å². The molecule has 18 heavy (non-hydrogen) atoms. The molecule has 0 unspecified atom stereocenters. The smallest absolute Gasteiger partial charge is 0.257 e. The standard InChI is InChI=1S/C14H23N3O/c1-5-7-16-13-6-8-15-9-12(13)14(18)17(4)10-11(2)3/h6,8-9,11H,5,7,10H2,1-4H3,(H,15,16). The maximum atomic E-state index is 12.3. The second-order valence-electron chi connectivity index (χ2n) is 4.93. The van der Waals surface area contributed by atoms with Crippen LogP contribution in [0.25, 0.3) is 0 Å². The Morgan fingerprint density at radius 1 is 1.50 bits per heavy atom. The number of pyridine rings is 1. The third-order valence-corrected chi connectivity index (χ3v) is 2.60. The summed E-state index contributed by atoms with van der Waals surface area (Å²) < 4.78 is 0. The minimum absolute atomic E-state index is 0.0235. The molecule has 0 fully saturated rings. The largest absolute Gasteiger partial charge is 0.384 e. The third kappa shape index (κ3) is 4.02. The second kappa shape index (κ2) is 6.99. The van der Waals surface area contributed by atoms with Crippen LogP contribution in [-0.4, -0.2) is 35.9 Å². The Morgan fingerprint density at radius 3 is 2.83 bits per heavy atom. The number of carbonyl (C=O) groups excluding carboxylic acids is 1. The predicted octanol–water partition coefficient (Wildman–Crippen LogP) is 2.63. The highest BCUT2D eigenvalue weighted by atomic mass is 16.2. The summed E-state index contributed by atoms with van der Waals surface area (Å²) in [6.07, 6.45) is 4.37. The van der Waals surface area contributed by atoms with Gasteiger partial charge in [-0.3, -0.25) is 9.78 Å². The van der Waals surface area contributed by atoms with E-state index >= 15 is 0 Å². The van der Waals surface area contributed by atoms with Crippen molar-refractivity contribution in [3.05, 3.63) is 24.0 Å². The molecule has 1 aromatic heterocycles. The molecule has 0 aliphatic carbocycles. The van der Waals surface area contributed by atoms with Crippen LogP contribution in [0.3, 0.4) is 0 Å². The van der Waals surface area contributed by atoms with Crippen molar-refractivity contribution in [2.45, 2.75) is 27.2 Å². The number of aromatic nitrogens is 1. The van der Waals surface area contributed by atoms with Crippen LogP contribution in [0, 0.1) is 5.92 Å². The van der Waals surface area contributed by atoms with Gasteiger partial charge in [0.05, 0.1) is 11.3 Å². The van der Waals surface area contributed by atoms with Crippen LogP contribution in [-0.2, 0) is 0 Å². The zero-order valence-electron chi connectivity index (χ0n) is 11.7. The van der Waals surface area contributed by atoms with E-state index in [-0.39, 0.29) is 5.91 Å². The number of nitrogens with one attached hydrogen (secondary N) is 1. The van der Waals surface area contributed by atoms with Gasteiger partial charge in [0.1, 0.15) is 0 Å². The molecule has 1 amide bonds. The maximum Gasteiger partial charge on any atom is 0.257 e. The molecule has 1 rings (SSSR count). The summed E-state index contributed by atoms with van der Waals surface area (Å²) in [6.45, 7) is 7.91. The average Bonchev–Trinajstić information content (AvgIpc) is 2.35. The summed E-state index contributed by atoms with van der Waals surface area (Å²) >= 11 is 0. The van der Waals surface area contributed by atoms with Crippen LogP contribution < -0.4 is 5.32 Å². The average molecular weight is 249 g/mol. The molecule has 0 bridgehead atoms. The zero-order valence-corrected chi connectivity index (χ0v) is 11.7. The van der Waals surface area contributed by atoms with Crippen LogP contribution in [0.15, 0.2) is 18.5 Å². The van der Waals surface area contributed by atoms with Gasteiger partial charge in [-0.15, -0.1) is 0 Å². The van der Waals surface area contributed by atoms with Gasteiger partial charge in [0, 0.05) is 32.5 Å². The molecule has 1 aromatic rings. The van der Waals surface area contributed by atoms with Gasteiger partial charge < -0.3 is 10.2 Å². The number of rotatable bonds is 6. The fourth-order valence-corrected chi connectivity index (χ4v) is 1.81. The van der Waals surface area contributed by atoms with E-state index in [9.17, 15) is 4.79 Å². The summed E-state index contributed by atoms with van der Waals surface area (Å²) in [5.74, 6) is 0.484. The van der Waals surface area contributed by atoms with E-state index in [1.807, 2.05) is 13.1 Å². The van der Waals surface area contributed by atoms with Crippen LogP contribution in [0.5, 0.6) is 0 Å². The SMILES string of the molecule is CCCNc1ccncc1C(=O)N(C)CC(C)C. The van der Waals surface area contributed by atoms with E-state index in [2.05, 4.69) is 31.1 Å². The molecule has 0 saturated heterocycles. The highest BCUT2D eigenvalue weighted by molar-refractivity contribution is 5.99. The number of carbonyl (C=O) groups is 1. The lowest BCUT2D eigenvalue weighted by molar-refractivity contribution is 0.0779. The predicted molar refractivity (Wildman–Crippen MR) is 74.8 cm³/mol. The topological polar surface area (TPSA) is 45.2 Å². The van der Waals surface area contributed by atoms with E-state index in [1.165, 1.54) is 0 Å². The van der Waals surface area contributed by atoms with Crippen molar-refractivity contribution >= 4 is 11.6 Å². The third-order valence-electron chi connectivity index (χ3n) is 2.60. The summed E-state index contributed by atoms with van der Waals surface area (Å²) in [7, 11) is 1.83. The number of hydrogen-bond donors (Lipinski definition) is 1. The highest BCUT2D eigenvalue weighted by Crippen LogP contribution is 2.16. The van der Waals surface area contributed by atoms with Gasteiger partial charge in [0.25, 0.3) is 5.91 Å². The molecule has 0 aliphatic rings. The Balaban J connectivity index is 2.84. The zero-order chi connectivity index (χ0) is 13.5. The molecule has 1 N–H and O–H groups in total. The Kier molecular flexibility index (Phi) is 5.62. The minimum Gasteiger partial charge on any atom is -0.384 e. The van der Waals surface area contributed by atoms with Crippen molar-refractivity contribution in [2.75, 3.05) is 25.5 Å². The highest BCUT2D eigenvalue weighted by Gasteiger charge is 2.16. The summed E-state index contributed by atoms with van der Waals surface area (Å²) in [4.78, 5) is 18.1. The molecule has 1 heterocycles. The lowest BCUT2D eigenvalue weighted by Gasteiger charge is -2.20. The monoisotopic (exact) mass is 249 g/mol. The van der Waals surface area contributed by atoms with Crippen LogP contribution in [0.1, 0.15) is 37.6 Å². The Labute approximate surface area is 109 Å². The Morgan fingerprint density at radius 2 is 2.22 bits per heavy atom. The van der Waals surface area contributed by atoms with Crippen LogP contribution >= 0.6 is 0 Å². The molecule has 0 spiro atoms. The first-order valence-electron chi connectivity index (χ1n) is 6.49. The van der Waals surface area contributed by atoms with Crippen molar-refractivity contribution in [1.29, 1.82) is 0 Å². The number of hydrogen-bond acceptors (Lipinski definition) is 3. The van der Waals surface area contributed by atoms with E-state index < -0.39 is 0 Å². The van der Waals surface area contributed by atoms with Gasteiger partial charge in [0.15, 0.2) is 0 Å². The lowest BCUT2D eigenvalue weighted by Crippen LogP contribution is -2.31. The molecular weight excluding hydrogens is 226 g/mol. The molecule has 4 nitrogen and oxygen atoms in total. The fourth-order valence-electron chi connectivity index (χ4n) is 1.81. The first kappa shape index (κ1) is 14.5. The molecule has 0 saturated carbocycles. The van der Waals surface area contributed by atoms with Crippen molar-refractivity contribution < 1.29 is 4.79 Å². The van der Waals surface area contributed by atoms with Crippen molar-refractivity contribution in [2.24, 2.45) is 5.92 Å². The Bertz CT molecular complexity index is 390. The van der Waals surface area contributed by atoms with Gasteiger partial charge in [-0.2, -0.15) is 0 Å². The minimum atomic E-state index is 0.0235. The summed E-state index contributed by atoms with van der Waals surface area (Å²) in [5, 5.41) is 3.26. The molecule has 0 aliphatic heterocycles. The lowest BCUT2D eigenvalue weighted by atomic mass is 10.1. The normalized spacial score (nSPS) is 10.5. The second-order valence-corrected chi connectivity index (χ2v) is 4.93. The van der Waals surface area contributed by atoms with Gasteiger partial charge in [0.2, 0.25) is 0 Å². The van der Waals surface area contributed by atoms with E-state index in [4.69, 9.17) is 0 Å². The molecule has 0 radical (unpaired) electrons. The molecule has 0 atom stereocenters. The first-order chi connectivity index (χ1) is 8.56. The number of anilines is 1. The van der Waals surface area contributed by atoms with Crippen LogP contribution in [0.4, 0.5) is 5.69 Å². The summed E-state index contributed by atoms with van der Waals surface area (Å²) in [5.41, 5.74) is 1.52. The molecule has 0 aromatic carbocycles. The fraction of sp³-hybridized carbons (Fsp3) is 0.571. The van der Waals surface area contributed by atoms with Gasteiger partial charge in [-0.1, -0.05) is 20.8 Å². The quantitative estimate of drug-likeness (QED) is 0.843. The first-order valence-corrected chi connectivity index (χ1v) is 6.49. The van der Waals surface area contributed by atoms with Gasteiger partial charge in [-0.25, -0.2) is 0 Å². The van der Waals surface area contributed by atoms with Crippen LogP contribution in [0.2, 0.25) is 0 Å². The van der Waals surface area contributed by atoms with Crippen molar-refractivity contribution in [1.82, 2.24) is 9.88 Å². The molecular formula is C14H23N3O.